The SMILES string of the molecule is CCc1ccc(N2CC(C(=O)Nc3ccc(CC(=O)NC)cc3)CC2=O)cc1. The molecule has 0 bridgehead atoms. The number of likely N-dealkylation sites (N-methyl/N-ethyl adjacent to an activating group) is 1. The van der Waals surface area contributed by atoms with Crippen molar-refractivity contribution in [3.63, 3.8) is 0 Å². The van der Waals surface area contributed by atoms with E-state index in [2.05, 4.69) is 17.6 Å². The lowest BCUT2D eigenvalue weighted by atomic mass is 10.1. The normalized spacial score (nSPS) is 16.1. The topological polar surface area (TPSA) is 78.5 Å². The third kappa shape index (κ3) is 4.57. The highest BCUT2D eigenvalue weighted by Crippen LogP contribution is 2.26. The van der Waals surface area contributed by atoms with E-state index in [1.54, 1.807) is 24.1 Å². The second-order valence-corrected chi connectivity index (χ2v) is 6.96. The van der Waals surface area contributed by atoms with Gasteiger partial charge in [-0.3, -0.25) is 14.4 Å². The average molecular weight is 379 g/mol. The Labute approximate surface area is 164 Å². The molecule has 3 rings (SSSR count). The van der Waals surface area contributed by atoms with Gasteiger partial charge >= 0.3 is 0 Å². The number of nitrogens with one attached hydrogen (secondary N) is 2. The highest BCUT2D eigenvalue weighted by molar-refractivity contribution is 6.03. The molecule has 1 atom stereocenters. The number of hydrogen-bond donors (Lipinski definition) is 2. The molecule has 0 saturated carbocycles. The molecule has 1 heterocycles. The number of anilines is 2. The number of amides is 3. The first kappa shape index (κ1) is 19.6. The van der Waals surface area contributed by atoms with Crippen LogP contribution in [-0.4, -0.2) is 31.3 Å². The summed E-state index contributed by atoms with van der Waals surface area (Å²) in [7, 11) is 1.60. The number of rotatable bonds is 6. The number of aryl methyl sites for hydroxylation is 1. The Balaban J connectivity index is 1.60. The maximum Gasteiger partial charge on any atom is 0.229 e. The van der Waals surface area contributed by atoms with E-state index in [-0.39, 0.29) is 30.1 Å². The first-order valence-electron chi connectivity index (χ1n) is 9.50. The Bertz CT molecular complexity index is 860. The minimum atomic E-state index is -0.385. The summed E-state index contributed by atoms with van der Waals surface area (Å²) in [5.41, 5.74) is 3.57. The summed E-state index contributed by atoms with van der Waals surface area (Å²) in [4.78, 5) is 38.1. The molecule has 1 unspecified atom stereocenters. The molecule has 1 fully saturated rings. The molecule has 0 spiro atoms. The van der Waals surface area contributed by atoms with Crippen molar-refractivity contribution in [1.29, 1.82) is 0 Å². The Hall–Kier alpha value is -3.15. The molecule has 0 radical (unpaired) electrons. The van der Waals surface area contributed by atoms with Crippen LogP contribution in [-0.2, 0) is 27.2 Å². The highest BCUT2D eigenvalue weighted by atomic mass is 16.2. The Kier molecular flexibility index (Phi) is 6.09. The van der Waals surface area contributed by atoms with Crippen LogP contribution in [0.15, 0.2) is 48.5 Å². The van der Waals surface area contributed by atoms with E-state index in [9.17, 15) is 14.4 Å². The lowest BCUT2D eigenvalue weighted by Crippen LogP contribution is -2.28. The maximum absolute atomic E-state index is 12.6. The van der Waals surface area contributed by atoms with Crippen LogP contribution < -0.4 is 15.5 Å². The standard InChI is InChI=1S/C22H25N3O3/c1-3-15-6-10-19(11-7-15)25-14-17(13-21(25)27)22(28)24-18-8-4-16(5-9-18)12-20(26)23-2/h4-11,17H,3,12-14H2,1-2H3,(H,23,26)(H,24,28). The molecule has 1 saturated heterocycles. The van der Waals surface area contributed by atoms with Gasteiger partial charge in [0.2, 0.25) is 17.7 Å². The van der Waals surface area contributed by atoms with E-state index in [1.165, 1.54) is 5.56 Å². The molecule has 3 amide bonds. The molecule has 28 heavy (non-hydrogen) atoms. The van der Waals surface area contributed by atoms with Crippen molar-refractivity contribution >= 4 is 29.1 Å². The number of carbonyl (C=O) groups is 3. The summed E-state index contributed by atoms with van der Waals surface area (Å²) in [6.45, 7) is 2.46. The monoisotopic (exact) mass is 379 g/mol. The van der Waals surface area contributed by atoms with Crippen molar-refractivity contribution in [2.24, 2.45) is 5.92 Å². The molecule has 6 nitrogen and oxygen atoms in total. The predicted molar refractivity (Wildman–Crippen MR) is 109 cm³/mol. The fourth-order valence-corrected chi connectivity index (χ4v) is 3.27. The molecule has 0 aliphatic carbocycles. The van der Waals surface area contributed by atoms with Gasteiger partial charge in [-0.1, -0.05) is 31.2 Å². The molecule has 146 valence electrons. The molecule has 2 N–H and O–H groups in total. The number of hydrogen-bond acceptors (Lipinski definition) is 3. The number of benzene rings is 2. The summed E-state index contributed by atoms with van der Waals surface area (Å²) < 4.78 is 0. The molecule has 1 aliphatic heterocycles. The summed E-state index contributed by atoms with van der Waals surface area (Å²) in [5.74, 6) is -0.650. The fraction of sp³-hybridized carbons (Fsp3) is 0.318. The van der Waals surface area contributed by atoms with Gasteiger partial charge in [-0.05, 0) is 41.8 Å². The third-order valence-corrected chi connectivity index (χ3v) is 5.02. The van der Waals surface area contributed by atoms with Crippen molar-refractivity contribution in [3.05, 3.63) is 59.7 Å². The molecule has 6 heteroatoms. The summed E-state index contributed by atoms with van der Waals surface area (Å²) in [5, 5.41) is 5.45. The molecule has 2 aromatic rings. The Morgan fingerprint density at radius 3 is 2.29 bits per heavy atom. The lowest BCUT2D eigenvalue weighted by molar-refractivity contribution is -0.122. The zero-order valence-electron chi connectivity index (χ0n) is 16.2. The van der Waals surface area contributed by atoms with E-state index in [0.717, 1.165) is 17.7 Å². The third-order valence-electron chi connectivity index (χ3n) is 5.02. The van der Waals surface area contributed by atoms with E-state index in [0.29, 0.717) is 18.7 Å². The van der Waals surface area contributed by atoms with Gasteiger partial charge in [-0.2, -0.15) is 0 Å². The van der Waals surface area contributed by atoms with Gasteiger partial charge in [-0.15, -0.1) is 0 Å². The first-order chi connectivity index (χ1) is 13.5. The van der Waals surface area contributed by atoms with Gasteiger partial charge in [0, 0.05) is 31.4 Å². The van der Waals surface area contributed by atoms with E-state index < -0.39 is 0 Å². The number of carbonyl (C=O) groups excluding carboxylic acids is 3. The highest BCUT2D eigenvalue weighted by Gasteiger charge is 2.35. The van der Waals surface area contributed by atoms with Gasteiger partial charge in [-0.25, -0.2) is 0 Å². The van der Waals surface area contributed by atoms with Crippen molar-refractivity contribution in [2.45, 2.75) is 26.2 Å². The van der Waals surface area contributed by atoms with Gasteiger partial charge < -0.3 is 15.5 Å². The first-order valence-corrected chi connectivity index (χ1v) is 9.50. The van der Waals surface area contributed by atoms with E-state index in [4.69, 9.17) is 0 Å². The minimum Gasteiger partial charge on any atom is -0.359 e. The maximum atomic E-state index is 12.6. The summed E-state index contributed by atoms with van der Waals surface area (Å²) in [6, 6.07) is 15.1. The van der Waals surface area contributed by atoms with Crippen molar-refractivity contribution in [1.82, 2.24) is 5.32 Å². The van der Waals surface area contributed by atoms with Gasteiger partial charge in [0.05, 0.1) is 12.3 Å². The summed E-state index contributed by atoms with van der Waals surface area (Å²) in [6.07, 6.45) is 1.45. The van der Waals surface area contributed by atoms with Crippen molar-refractivity contribution in [3.8, 4) is 0 Å². The van der Waals surface area contributed by atoms with E-state index >= 15 is 0 Å². The fourth-order valence-electron chi connectivity index (χ4n) is 3.27. The van der Waals surface area contributed by atoms with Gasteiger partial charge in [0.15, 0.2) is 0 Å². The van der Waals surface area contributed by atoms with E-state index in [1.807, 2.05) is 36.4 Å². The van der Waals surface area contributed by atoms with Gasteiger partial charge in [0.25, 0.3) is 0 Å². The van der Waals surface area contributed by atoms with Crippen LogP contribution >= 0.6 is 0 Å². The number of nitrogens with zero attached hydrogens (tertiary/aromatic N) is 1. The quantitative estimate of drug-likeness (QED) is 0.810. The molecular formula is C22H25N3O3. The lowest BCUT2D eigenvalue weighted by Gasteiger charge is -2.17. The molecule has 1 aliphatic rings. The molecule has 0 aromatic heterocycles. The van der Waals surface area contributed by atoms with Crippen LogP contribution in [0, 0.1) is 5.92 Å². The van der Waals surface area contributed by atoms with Crippen LogP contribution in [0.1, 0.15) is 24.5 Å². The zero-order valence-corrected chi connectivity index (χ0v) is 16.2. The Morgan fingerprint density at radius 1 is 1.04 bits per heavy atom. The second-order valence-electron chi connectivity index (χ2n) is 6.96. The van der Waals surface area contributed by atoms with Crippen LogP contribution in [0.5, 0.6) is 0 Å². The van der Waals surface area contributed by atoms with Crippen LogP contribution in [0.2, 0.25) is 0 Å². The largest absolute Gasteiger partial charge is 0.359 e. The molecule has 2 aromatic carbocycles. The summed E-state index contributed by atoms with van der Waals surface area (Å²) >= 11 is 0. The molecular weight excluding hydrogens is 354 g/mol. The average Bonchev–Trinajstić information content (AvgIpc) is 3.11. The predicted octanol–water partition coefficient (Wildman–Crippen LogP) is 2.53. The van der Waals surface area contributed by atoms with Crippen LogP contribution in [0.3, 0.4) is 0 Å². The zero-order chi connectivity index (χ0) is 20.1. The van der Waals surface area contributed by atoms with Crippen LogP contribution in [0.25, 0.3) is 0 Å². The van der Waals surface area contributed by atoms with Crippen molar-refractivity contribution in [2.75, 3.05) is 23.8 Å². The minimum absolute atomic E-state index is 0.0367. The van der Waals surface area contributed by atoms with Crippen LogP contribution in [0.4, 0.5) is 11.4 Å². The smallest absolute Gasteiger partial charge is 0.229 e. The Morgan fingerprint density at radius 2 is 1.68 bits per heavy atom. The van der Waals surface area contributed by atoms with Gasteiger partial charge in [0.1, 0.15) is 0 Å². The van der Waals surface area contributed by atoms with Crippen molar-refractivity contribution < 1.29 is 14.4 Å². The second kappa shape index (κ2) is 8.69.